The van der Waals surface area contributed by atoms with Crippen LogP contribution in [0.25, 0.3) is 0 Å². The molecule has 0 saturated heterocycles. The van der Waals surface area contributed by atoms with E-state index in [1.165, 1.54) is 29.5 Å². The molecule has 0 fully saturated rings. The van der Waals surface area contributed by atoms with Crippen molar-refractivity contribution in [2.45, 2.75) is 32.4 Å². The summed E-state index contributed by atoms with van der Waals surface area (Å²) in [5.74, 6) is 0.445. The highest BCUT2D eigenvalue weighted by Crippen LogP contribution is 2.24. The Morgan fingerprint density at radius 3 is 2.85 bits per heavy atom. The molecule has 0 bridgehead atoms. The van der Waals surface area contributed by atoms with E-state index in [0.29, 0.717) is 12.5 Å². The predicted molar refractivity (Wildman–Crippen MR) is 105 cm³/mol. The third-order valence-corrected chi connectivity index (χ3v) is 4.70. The van der Waals surface area contributed by atoms with Gasteiger partial charge in [0.25, 0.3) is 0 Å². The normalized spacial score (nSPS) is 13.6. The van der Waals surface area contributed by atoms with Crippen LogP contribution in [0, 0.1) is 0 Å². The van der Waals surface area contributed by atoms with Gasteiger partial charge in [-0.2, -0.15) is 5.10 Å². The molecule has 3 N–H and O–H groups in total. The molecule has 1 aliphatic rings. The van der Waals surface area contributed by atoms with E-state index in [1.807, 2.05) is 23.0 Å². The maximum Gasteiger partial charge on any atom is 0.193 e. The summed E-state index contributed by atoms with van der Waals surface area (Å²) < 4.78 is 1.91. The number of hydrogen-bond donors (Lipinski definition) is 2. The fourth-order valence-corrected chi connectivity index (χ4v) is 3.42. The highest BCUT2D eigenvalue weighted by molar-refractivity contribution is 5.92. The zero-order valence-corrected chi connectivity index (χ0v) is 14.7. The number of nitrogens with two attached hydrogens (primary N) is 1. The number of nitrogens with one attached hydrogen (secondary N) is 1. The smallest absolute Gasteiger partial charge is 0.193 e. The average Bonchev–Trinajstić information content (AvgIpc) is 3.31. The SMILES string of the molecule is NC(=NCc1cccc(Cn2cccn2)c1)Nc1ccc2c(c1)CCC2. The quantitative estimate of drug-likeness (QED) is 0.550. The lowest BCUT2D eigenvalue weighted by Gasteiger charge is -2.08. The van der Waals surface area contributed by atoms with Crippen molar-refractivity contribution >= 4 is 11.6 Å². The lowest BCUT2D eigenvalue weighted by Crippen LogP contribution is -2.22. The minimum atomic E-state index is 0.445. The molecule has 4 rings (SSSR count). The van der Waals surface area contributed by atoms with Crippen LogP contribution in [0.3, 0.4) is 0 Å². The molecule has 3 aromatic rings. The van der Waals surface area contributed by atoms with Gasteiger partial charge >= 0.3 is 0 Å². The van der Waals surface area contributed by atoms with Gasteiger partial charge in [0.15, 0.2) is 5.96 Å². The van der Waals surface area contributed by atoms with Crippen molar-refractivity contribution in [2.75, 3.05) is 5.32 Å². The van der Waals surface area contributed by atoms with Gasteiger partial charge in [-0.1, -0.05) is 30.3 Å². The minimum Gasteiger partial charge on any atom is -0.370 e. The number of nitrogens with zero attached hydrogens (tertiary/aromatic N) is 3. The summed E-state index contributed by atoms with van der Waals surface area (Å²) in [6.07, 6.45) is 7.35. The number of fused-ring (bicyclic) bond motifs is 1. The zero-order chi connectivity index (χ0) is 17.8. The van der Waals surface area contributed by atoms with Crippen LogP contribution in [0.2, 0.25) is 0 Å². The van der Waals surface area contributed by atoms with Crippen molar-refractivity contribution in [3.8, 4) is 0 Å². The summed E-state index contributed by atoms with van der Waals surface area (Å²) >= 11 is 0. The lowest BCUT2D eigenvalue weighted by molar-refractivity contribution is 0.686. The molecule has 0 aliphatic heterocycles. The summed E-state index contributed by atoms with van der Waals surface area (Å²) in [6.45, 7) is 1.31. The number of hydrogen-bond acceptors (Lipinski definition) is 2. The van der Waals surface area contributed by atoms with Crippen molar-refractivity contribution in [1.82, 2.24) is 9.78 Å². The topological polar surface area (TPSA) is 68.2 Å². The Morgan fingerprint density at radius 1 is 1.08 bits per heavy atom. The van der Waals surface area contributed by atoms with Gasteiger partial charge in [0, 0.05) is 18.1 Å². The van der Waals surface area contributed by atoms with Crippen molar-refractivity contribution in [3.63, 3.8) is 0 Å². The fourth-order valence-electron chi connectivity index (χ4n) is 3.42. The molecule has 0 amide bonds. The molecule has 1 aromatic heterocycles. The molecule has 132 valence electrons. The number of aryl methyl sites for hydroxylation is 2. The molecule has 5 nitrogen and oxygen atoms in total. The maximum absolute atomic E-state index is 6.07. The van der Waals surface area contributed by atoms with E-state index in [2.05, 4.69) is 51.8 Å². The van der Waals surface area contributed by atoms with E-state index in [1.54, 1.807) is 6.20 Å². The Kier molecular flexibility index (Phi) is 4.69. The van der Waals surface area contributed by atoms with Crippen molar-refractivity contribution in [2.24, 2.45) is 10.7 Å². The summed E-state index contributed by atoms with van der Waals surface area (Å²) in [7, 11) is 0. The number of guanidine groups is 1. The monoisotopic (exact) mass is 345 g/mol. The Morgan fingerprint density at radius 2 is 1.96 bits per heavy atom. The van der Waals surface area contributed by atoms with Gasteiger partial charge in [-0.25, -0.2) is 4.99 Å². The Balaban J connectivity index is 1.39. The van der Waals surface area contributed by atoms with Crippen molar-refractivity contribution < 1.29 is 0 Å². The first-order valence-corrected chi connectivity index (χ1v) is 9.00. The number of aromatic nitrogens is 2. The van der Waals surface area contributed by atoms with Crippen LogP contribution >= 0.6 is 0 Å². The van der Waals surface area contributed by atoms with Gasteiger partial charge in [0.05, 0.1) is 13.1 Å². The van der Waals surface area contributed by atoms with E-state index < -0.39 is 0 Å². The summed E-state index contributed by atoms with van der Waals surface area (Å²) in [6, 6.07) is 16.8. The van der Waals surface area contributed by atoms with E-state index in [4.69, 9.17) is 5.73 Å². The lowest BCUT2D eigenvalue weighted by atomic mass is 10.1. The van der Waals surface area contributed by atoms with Crippen LogP contribution in [0.1, 0.15) is 28.7 Å². The summed E-state index contributed by atoms with van der Waals surface area (Å²) in [4.78, 5) is 4.48. The number of anilines is 1. The van der Waals surface area contributed by atoms with Gasteiger partial charge in [-0.05, 0) is 59.7 Å². The molecule has 1 heterocycles. The highest BCUT2D eigenvalue weighted by atomic mass is 15.3. The van der Waals surface area contributed by atoms with E-state index in [9.17, 15) is 0 Å². The largest absolute Gasteiger partial charge is 0.370 e. The third-order valence-electron chi connectivity index (χ3n) is 4.70. The first-order chi connectivity index (χ1) is 12.8. The van der Waals surface area contributed by atoms with Crippen LogP contribution in [-0.4, -0.2) is 15.7 Å². The fraction of sp³-hybridized carbons (Fsp3) is 0.238. The van der Waals surface area contributed by atoms with E-state index in [-0.39, 0.29) is 0 Å². The van der Waals surface area contributed by atoms with E-state index >= 15 is 0 Å². The van der Waals surface area contributed by atoms with Crippen LogP contribution < -0.4 is 11.1 Å². The molecule has 1 aliphatic carbocycles. The van der Waals surface area contributed by atoms with Gasteiger partial charge in [-0.15, -0.1) is 0 Å². The second kappa shape index (κ2) is 7.44. The summed E-state index contributed by atoms with van der Waals surface area (Å²) in [5, 5.41) is 7.45. The second-order valence-corrected chi connectivity index (χ2v) is 6.69. The Bertz CT molecular complexity index is 912. The van der Waals surface area contributed by atoms with Gasteiger partial charge < -0.3 is 11.1 Å². The van der Waals surface area contributed by atoms with Gasteiger partial charge in [0.2, 0.25) is 0 Å². The van der Waals surface area contributed by atoms with Crippen LogP contribution in [0.5, 0.6) is 0 Å². The maximum atomic E-state index is 6.07. The van der Waals surface area contributed by atoms with Crippen molar-refractivity contribution in [1.29, 1.82) is 0 Å². The van der Waals surface area contributed by atoms with E-state index in [0.717, 1.165) is 24.2 Å². The third kappa shape index (κ3) is 3.94. The molecular weight excluding hydrogens is 322 g/mol. The molecule has 5 heteroatoms. The van der Waals surface area contributed by atoms with Crippen LogP contribution in [0.4, 0.5) is 5.69 Å². The van der Waals surface area contributed by atoms with Gasteiger partial charge in [-0.3, -0.25) is 4.68 Å². The number of rotatable bonds is 5. The van der Waals surface area contributed by atoms with Crippen LogP contribution in [0.15, 0.2) is 65.9 Å². The highest BCUT2D eigenvalue weighted by Gasteiger charge is 2.10. The minimum absolute atomic E-state index is 0.445. The zero-order valence-electron chi connectivity index (χ0n) is 14.7. The van der Waals surface area contributed by atoms with Crippen molar-refractivity contribution in [3.05, 3.63) is 83.2 Å². The molecule has 0 atom stereocenters. The Hall–Kier alpha value is -3.08. The number of aliphatic imine (C=N–C) groups is 1. The second-order valence-electron chi connectivity index (χ2n) is 6.69. The molecule has 0 radical (unpaired) electrons. The number of benzene rings is 2. The first kappa shape index (κ1) is 16.4. The predicted octanol–water partition coefficient (Wildman–Crippen LogP) is 3.35. The standard InChI is InChI=1S/C21H23N5/c22-21(25-20-9-8-18-6-2-7-19(18)13-20)23-14-16-4-1-5-17(12-16)15-26-11-3-10-24-26/h1,3-5,8-13H,2,6-7,14-15H2,(H3,22,23,25). The Labute approximate surface area is 153 Å². The molecular formula is C21H23N5. The molecule has 2 aromatic carbocycles. The average molecular weight is 345 g/mol. The molecule has 0 spiro atoms. The molecule has 26 heavy (non-hydrogen) atoms. The molecule has 0 saturated carbocycles. The molecule has 0 unspecified atom stereocenters. The van der Waals surface area contributed by atoms with Crippen LogP contribution in [-0.2, 0) is 25.9 Å². The van der Waals surface area contributed by atoms with Gasteiger partial charge in [0.1, 0.15) is 0 Å². The first-order valence-electron chi connectivity index (χ1n) is 9.00. The summed E-state index contributed by atoms with van der Waals surface area (Å²) in [5.41, 5.74) is 12.3.